The Morgan fingerprint density at radius 1 is 1.12 bits per heavy atom. The van der Waals surface area contributed by atoms with Gasteiger partial charge in [-0.1, -0.05) is 36.4 Å². The van der Waals surface area contributed by atoms with E-state index >= 15 is 0 Å². The molecule has 134 valence electrons. The van der Waals surface area contributed by atoms with E-state index in [-0.39, 0.29) is 11.3 Å². The molecule has 0 aliphatic heterocycles. The number of primary sulfonamides is 1. The molecule has 0 saturated heterocycles. The number of benzene rings is 2. The highest BCUT2D eigenvalue weighted by molar-refractivity contribution is 7.96. The molecule has 0 saturated carbocycles. The number of sulfonamides is 2. The maximum absolute atomic E-state index is 13.8. The molecule has 0 heterocycles. The third kappa shape index (κ3) is 4.79. The van der Waals surface area contributed by atoms with Crippen molar-refractivity contribution in [3.05, 3.63) is 70.4 Å². The number of allylic oxidation sites excluding steroid dienone is 1. The topological polar surface area (TPSA) is 106 Å². The molecule has 0 aliphatic rings. The lowest BCUT2D eigenvalue weighted by molar-refractivity contribution is 0.569. The number of hydrogen-bond acceptors (Lipinski definition) is 4. The van der Waals surface area contributed by atoms with E-state index < -0.39 is 36.4 Å². The highest BCUT2D eigenvalue weighted by atomic mass is 35.5. The van der Waals surface area contributed by atoms with E-state index in [9.17, 15) is 21.2 Å². The first kappa shape index (κ1) is 19.4. The summed E-state index contributed by atoms with van der Waals surface area (Å²) in [6.45, 7) is 3.50. The Balaban J connectivity index is 2.32. The predicted octanol–water partition coefficient (Wildman–Crippen LogP) is 2.62. The van der Waals surface area contributed by atoms with Crippen LogP contribution in [0.4, 0.5) is 10.1 Å². The lowest BCUT2D eigenvalue weighted by Gasteiger charge is -2.13. The number of nitrogens with two attached hydrogens (primary N) is 1. The third-order valence-corrected chi connectivity index (χ3v) is 5.82. The molecule has 10 heteroatoms. The lowest BCUT2D eigenvalue weighted by atomic mass is 10.1. The second-order valence-electron chi connectivity index (χ2n) is 5.11. The van der Waals surface area contributed by atoms with Gasteiger partial charge in [0.05, 0.1) is 10.6 Å². The van der Waals surface area contributed by atoms with E-state index in [0.29, 0.717) is 10.6 Å². The zero-order valence-electron chi connectivity index (χ0n) is 12.7. The van der Waals surface area contributed by atoms with Crippen molar-refractivity contribution < 1.29 is 21.2 Å². The molecule has 0 radical (unpaired) electrons. The van der Waals surface area contributed by atoms with Crippen LogP contribution < -0.4 is 9.86 Å². The number of rotatable bonds is 6. The monoisotopic (exact) mass is 404 g/mol. The molecule has 0 amide bonds. The summed E-state index contributed by atoms with van der Waals surface area (Å²) < 4.78 is 63.6. The summed E-state index contributed by atoms with van der Waals surface area (Å²) in [6, 6.07) is 9.55. The van der Waals surface area contributed by atoms with E-state index in [1.165, 1.54) is 0 Å². The van der Waals surface area contributed by atoms with Crippen LogP contribution >= 0.6 is 11.6 Å². The van der Waals surface area contributed by atoms with E-state index in [1.54, 1.807) is 24.3 Å². The maximum Gasteiger partial charge on any atom is 0.257 e. The number of anilines is 1. The van der Waals surface area contributed by atoms with Gasteiger partial charge in [0.2, 0.25) is 10.0 Å². The third-order valence-electron chi connectivity index (χ3n) is 3.19. The second-order valence-corrected chi connectivity index (χ2v) is 8.83. The van der Waals surface area contributed by atoms with Gasteiger partial charge < -0.3 is 0 Å². The number of nitrogens with one attached hydrogen (secondary N) is 1. The maximum atomic E-state index is 13.8. The molecular formula is C15H14ClFN2O4S2. The molecule has 0 unspecified atom stereocenters. The van der Waals surface area contributed by atoms with Crippen LogP contribution in [0, 0.1) is 5.82 Å². The highest BCUT2D eigenvalue weighted by Gasteiger charge is 2.24. The van der Waals surface area contributed by atoms with Gasteiger partial charge >= 0.3 is 0 Å². The molecule has 6 nitrogen and oxygen atoms in total. The van der Waals surface area contributed by atoms with Gasteiger partial charge in [-0.05, 0) is 29.8 Å². The normalized spacial score (nSPS) is 12.0. The summed E-state index contributed by atoms with van der Waals surface area (Å²) in [7, 11) is -8.66. The molecule has 0 fully saturated rings. The largest absolute Gasteiger partial charge is 0.278 e. The van der Waals surface area contributed by atoms with Crippen molar-refractivity contribution in [1.29, 1.82) is 0 Å². The molecule has 0 aromatic heterocycles. The average Bonchev–Trinajstić information content (AvgIpc) is 2.47. The van der Waals surface area contributed by atoms with Gasteiger partial charge in [0.15, 0.2) is 0 Å². The van der Waals surface area contributed by atoms with Gasteiger partial charge in [-0.2, -0.15) is 0 Å². The SMILES string of the molecule is C=C(Cc1ccc(Cl)cc1)S(=O)(=O)Nc1cccc(F)c1S(N)(=O)=O. The van der Waals surface area contributed by atoms with Crippen LogP contribution in [0.3, 0.4) is 0 Å². The fourth-order valence-corrected chi connectivity index (χ4v) is 3.94. The Bertz CT molecular complexity index is 1020. The fraction of sp³-hybridized carbons (Fsp3) is 0.0667. The molecule has 2 aromatic rings. The van der Waals surface area contributed by atoms with Gasteiger partial charge in [0, 0.05) is 11.4 Å². The van der Waals surface area contributed by atoms with Gasteiger partial charge in [0.25, 0.3) is 10.0 Å². The Labute approximate surface area is 150 Å². The Kier molecular flexibility index (Phi) is 5.52. The van der Waals surface area contributed by atoms with E-state index in [4.69, 9.17) is 16.7 Å². The van der Waals surface area contributed by atoms with Crippen molar-refractivity contribution in [2.75, 3.05) is 4.72 Å². The second kappa shape index (κ2) is 7.12. The highest BCUT2D eigenvalue weighted by Crippen LogP contribution is 2.26. The molecule has 0 bridgehead atoms. The molecular weight excluding hydrogens is 391 g/mol. The first-order chi connectivity index (χ1) is 11.5. The number of hydrogen-bond donors (Lipinski definition) is 2. The summed E-state index contributed by atoms with van der Waals surface area (Å²) in [5.74, 6) is -1.16. The first-order valence-electron chi connectivity index (χ1n) is 6.77. The summed E-state index contributed by atoms with van der Waals surface area (Å²) >= 11 is 5.76. The Morgan fingerprint density at radius 3 is 2.28 bits per heavy atom. The van der Waals surface area contributed by atoms with Crippen molar-refractivity contribution in [2.45, 2.75) is 11.3 Å². The molecule has 0 atom stereocenters. The summed E-state index contributed by atoms with van der Waals surface area (Å²) in [5.41, 5.74) is 0.144. The van der Waals surface area contributed by atoms with Crippen LogP contribution in [0.25, 0.3) is 0 Å². The summed E-state index contributed by atoms with van der Waals surface area (Å²) in [4.78, 5) is -1.17. The minimum atomic E-state index is -4.47. The summed E-state index contributed by atoms with van der Waals surface area (Å²) in [5, 5.41) is 5.45. The number of halogens is 2. The van der Waals surface area contributed by atoms with E-state index in [0.717, 1.165) is 18.2 Å². The van der Waals surface area contributed by atoms with Gasteiger partial charge in [-0.25, -0.2) is 26.4 Å². The van der Waals surface area contributed by atoms with Crippen LogP contribution in [-0.4, -0.2) is 16.8 Å². The minimum Gasteiger partial charge on any atom is -0.278 e. The molecule has 25 heavy (non-hydrogen) atoms. The van der Waals surface area contributed by atoms with Crippen molar-refractivity contribution in [3.63, 3.8) is 0 Å². The van der Waals surface area contributed by atoms with Gasteiger partial charge in [-0.3, -0.25) is 4.72 Å². The van der Waals surface area contributed by atoms with Crippen LogP contribution in [0.2, 0.25) is 5.02 Å². The van der Waals surface area contributed by atoms with Crippen molar-refractivity contribution in [2.24, 2.45) is 5.14 Å². The Hall–Kier alpha value is -1.94. The Morgan fingerprint density at radius 2 is 1.72 bits per heavy atom. The van der Waals surface area contributed by atoms with Crippen molar-refractivity contribution in [3.8, 4) is 0 Å². The molecule has 0 spiro atoms. The van der Waals surface area contributed by atoms with Crippen LogP contribution in [0.1, 0.15) is 5.56 Å². The molecule has 2 rings (SSSR count). The quantitative estimate of drug-likeness (QED) is 0.771. The van der Waals surface area contributed by atoms with E-state index in [2.05, 4.69) is 6.58 Å². The van der Waals surface area contributed by atoms with E-state index in [1.807, 2.05) is 4.72 Å². The van der Waals surface area contributed by atoms with Crippen LogP contribution in [0.15, 0.2) is 58.8 Å². The molecule has 0 aliphatic carbocycles. The molecule has 3 N–H and O–H groups in total. The van der Waals surface area contributed by atoms with Gasteiger partial charge in [0.1, 0.15) is 10.7 Å². The van der Waals surface area contributed by atoms with Crippen molar-refractivity contribution >= 4 is 37.3 Å². The smallest absolute Gasteiger partial charge is 0.257 e. The summed E-state index contributed by atoms with van der Waals surface area (Å²) in [6.07, 6.45) is -0.0352. The zero-order chi connectivity index (χ0) is 18.8. The average molecular weight is 405 g/mol. The van der Waals surface area contributed by atoms with Crippen LogP contribution in [-0.2, 0) is 26.5 Å². The zero-order valence-corrected chi connectivity index (χ0v) is 15.1. The van der Waals surface area contributed by atoms with Crippen molar-refractivity contribution in [1.82, 2.24) is 0 Å². The molecule has 2 aromatic carbocycles. The van der Waals surface area contributed by atoms with Crippen LogP contribution in [0.5, 0.6) is 0 Å². The fourth-order valence-electron chi connectivity index (χ4n) is 2.02. The minimum absolute atomic E-state index is 0.0352. The lowest BCUT2D eigenvalue weighted by Crippen LogP contribution is -2.21. The predicted molar refractivity (Wildman–Crippen MR) is 94.6 cm³/mol. The van der Waals surface area contributed by atoms with Gasteiger partial charge in [-0.15, -0.1) is 0 Å². The first-order valence-corrected chi connectivity index (χ1v) is 10.2. The standard InChI is InChI=1S/C15H14ClFN2O4S2/c1-10(9-11-5-7-12(16)8-6-11)25(22,23)19-14-4-2-3-13(17)15(14)24(18,20)21/h2-8,19H,1,9H2,(H2,18,20,21).